The lowest BCUT2D eigenvalue weighted by Gasteiger charge is -2.02. The van der Waals surface area contributed by atoms with Crippen molar-refractivity contribution < 1.29 is 28.4 Å². The normalized spacial score (nSPS) is 10.3. The van der Waals surface area contributed by atoms with Crippen molar-refractivity contribution in [1.82, 2.24) is 0 Å². The standard InChI is InChI=1S/C12H10FNO6/c1-2-19-11(15)5-6-12(16)20-10-4-3-8(14(17)18)7-9(10)13/h3-7H,2H2,1H3/b6-5+. The Hall–Kier alpha value is -2.77. The molecule has 0 saturated heterocycles. The summed E-state index contributed by atoms with van der Waals surface area (Å²) in [5.41, 5.74) is -0.468. The molecular weight excluding hydrogens is 273 g/mol. The third kappa shape index (κ3) is 4.48. The van der Waals surface area contributed by atoms with Crippen LogP contribution in [0, 0.1) is 15.9 Å². The lowest BCUT2D eigenvalue weighted by Crippen LogP contribution is -2.07. The summed E-state index contributed by atoms with van der Waals surface area (Å²) in [6.45, 7) is 1.74. The van der Waals surface area contributed by atoms with E-state index in [-0.39, 0.29) is 6.61 Å². The lowest BCUT2D eigenvalue weighted by atomic mass is 10.3. The van der Waals surface area contributed by atoms with E-state index in [9.17, 15) is 24.1 Å². The number of carbonyl (C=O) groups excluding carboxylic acids is 2. The molecule has 1 rings (SSSR count). The number of nitrogens with zero attached hydrogens (tertiary/aromatic N) is 1. The van der Waals surface area contributed by atoms with Crippen LogP contribution in [-0.2, 0) is 14.3 Å². The Morgan fingerprint density at radius 1 is 1.35 bits per heavy atom. The van der Waals surface area contributed by atoms with Crippen molar-refractivity contribution in [2.75, 3.05) is 6.61 Å². The van der Waals surface area contributed by atoms with Gasteiger partial charge in [0.25, 0.3) is 5.69 Å². The van der Waals surface area contributed by atoms with Gasteiger partial charge in [0, 0.05) is 18.2 Å². The van der Waals surface area contributed by atoms with E-state index in [2.05, 4.69) is 9.47 Å². The van der Waals surface area contributed by atoms with Gasteiger partial charge in [0.2, 0.25) is 0 Å². The van der Waals surface area contributed by atoms with Crippen molar-refractivity contribution in [3.05, 3.63) is 46.3 Å². The number of ether oxygens (including phenoxy) is 2. The molecule has 0 aromatic heterocycles. The summed E-state index contributed by atoms with van der Waals surface area (Å²) in [5, 5.41) is 10.4. The van der Waals surface area contributed by atoms with Gasteiger partial charge >= 0.3 is 11.9 Å². The Morgan fingerprint density at radius 3 is 2.55 bits per heavy atom. The van der Waals surface area contributed by atoms with Crippen molar-refractivity contribution in [3.63, 3.8) is 0 Å². The Morgan fingerprint density at radius 2 is 2.00 bits per heavy atom. The van der Waals surface area contributed by atoms with Crippen LogP contribution in [0.3, 0.4) is 0 Å². The molecule has 1 aromatic rings. The molecule has 0 heterocycles. The lowest BCUT2D eigenvalue weighted by molar-refractivity contribution is -0.385. The maximum atomic E-state index is 13.4. The number of non-ortho nitro benzene ring substituents is 1. The zero-order valence-electron chi connectivity index (χ0n) is 10.4. The molecule has 0 bridgehead atoms. The Bertz CT molecular complexity index is 569. The van der Waals surface area contributed by atoms with Gasteiger partial charge in [-0.15, -0.1) is 0 Å². The first-order valence-corrected chi connectivity index (χ1v) is 5.44. The number of halogens is 1. The molecule has 0 aliphatic carbocycles. The summed E-state index contributed by atoms with van der Waals surface area (Å²) in [6, 6.07) is 2.56. The smallest absolute Gasteiger partial charge is 0.336 e. The summed E-state index contributed by atoms with van der Waals surface area (Å²) < 4.78 is 22.5. The fourth-order valence-corrected chi connectivity index (χ4v) is 1.15. The Labute approximate surface area is 112 Å². The van der Waals surface area contributed by atoms with Gasteiger partial charge in [-0.05, 0) is 13.0 Å². The number of hydrogen-bond donors (Lipinski definition) is 0. The van der Waals surface area contributed by atoms with Crippen LogP contribution in [0.15, 0.2) is 30.4 Å². The monoisotopic (exact) mass is 283 g/mol. The molecule has 0 aliphatic heterocycles. The van der Waals surface area contributed by atoms with Crippen LogP contribution in [0.2, 0.25) is 0 Å². The van der Waals surface area contributed by atoms with Crippen molar-refractivity contribution in [2.24, 2.45) is 0 Å². The van der Waals surface area contributed by atoms with Crippen LogP contribution < -0.4 is 4.74 Å². The highest BCUT2D eigenvalue weighted by Gasteiger charge is 2.13. The minimum Gasteiger partial charge on any atom is -0.463 e. The van der Waals surface area contributed by atoms with Crippen LogP contribution in [0.5, 0.6) is 5.75 Å². The third-order valence-electron chi connectivity index (χ3n) is 1.98. The van der Waals surface area contributed by atoms with Gasteiger partial charge in [-0.2, -0.15) is 0 Å². The van der Waals surface area contributed by atoms with E-state index in [1.165, 1.54) is 0 Å². The average Bonchev–Trinajstić information content (AvgIpc) is 2.39. The summed E-state index contributed by atoms with van der Waals surface area (Å²) >= 11 is 0. The molecule has 0 radical (unpaired) electrons. The molecule has 1 aromatic carbocycles. The highest BCUT2D eigenvalue weighted by molar-refractivity contribution is 5.92. The van der Waals surface area contributed by atoms with E-state index in [1.807, 2.05) is 0 Å². The van der Waals surface area contributed by atoms with Gasteiger partial charge in [-0.1, -0.05) is 0 Å². The number of hydrogen-bond acceptors (Lipinski definition) is 6. The van der Waals surface area contributed by atoms with E-state index in [1.54, 1.807) is 6.92 Å². The zero-order chi connectivity index (χ0) is 15.1. The average molecular weight is 283 g/mol. The minimum absolute atomic E-state index is 0.148. The van der Waals surface area contributed by atoms with Gasteiger partial charge in [0.1, 0.15) is 0 Å². The molecule has 0 fully saturated rings. The van der Waals surface area contributed by atoms with Gasteiger partial charge in [0.15, 0.2) is 11.6 Å². The highest BCUT2D eigenvalue weighted by Crippen LogP contribution is 2.22. The maximum Gasteiger partial charge on any atom is 0.336 e. The molecule has 0 N–H and O–H groups in total. The van der Waals surface area contributed by atoms with E-state index in [0.717, 1.165) is 24.3 Å². The second kappa shape index (κ2) is 6.98. The van der Waals surface area contributed by atoms with Crippen molar-refractivity contribution in [3.8, 4) is 5.75 Å². The Kier molecular flexibility index (Phi) is 5.33. The highest BCUT2D eigenvalue weighted by atomic mass is 19.1. The number of esters is 2. The predicted octanol–water partition coefficient (Wildman–Crippen LogP) is 1.76. The molecule has 8 heteroatoms. The topological polar surface area (TPSA) is 95.7 Å². The molecule has 0 aliphatic rings. The second-order valence-electron chi connectivity index (χ2n) is 3.38. The summed E-state index contributed by atoms with van der Waals surface area (Å²) in [4.78, 5) is 31.8. The summed E-state index contributed by atoms with van der Waals surface area (Å²) in [7, 11) is 0. The molecule has 0 unspecified atom stereocenters. The van der Waals surface area contributed by atoms with Crippen LogP contribution >= 0.6 is 0 Å². The first-order valence-electron chi connectivity index (χ1n) is 5.44. The van der Waals surface area contributed by atoms with Crippen LogP contribution in [-0.4, -0.2) is 23.5 Å². The molecule has 0 spiro atoms. The number of nitro groups is 1. The Balaban J connectivity index is 2.71. The summed E-state index contributed by atoms with van der Waals surface area (Å²) in [6.07, 6.45) is 1.59. The van der Waals surface area contributed by atoms with E-state index < -0.39 is 34.1 Å². The number of rotatable bonds is 5. The molecule has 20 heavy (non-hydrogen) atoms. The molecule has 0 amide bonds. The molecular formula is C12H10FNO6. The van der Waals surface area contributed by atoms with Crippen molar-refractivity contribution >= 4 is 17.6 Å². The fourth-order valence-electron chi connectivity index (χ4n) is 1.15. The van der Waals surface area contributed by atoms with Crippen LogP contribution in [0.4, 0.5) is 10.1 Å². The van der Waals surface area contributed by atoms with Gasteiger partial charge in [0.05, 0.1) is 17.6 Å². The maximum absolute atomic E-state index is 13.4. The van der Waals surface area contributed by atoms with Gasteiger partial charge in [-0.3, -0.25) is 10.1 Å². The number of carbonyl (C=O) groups is 2. The largest absolute Gasteiger partial charge is 0.463 e. The predicted molar refractivity (Wildman–Crippen MR) is 64.5 cm³/mol. The van der Waals surface area contributed by atoms with Crippen LogP contribution in [0.1, 0.15) is 6.92 Å². The van der Waals surface area contributed by atoms with Gasteiger partial charge < -0.3 is 9.47 Å². The molecule has 7 nitrogen and oxygen atoms in total. The van der Waals surface area contributed by atoms with Crippen molar-refractivity contribution in [2.45, 2.75) is 6.92 Å². The molecule has 0 saturated carbocycles. The van der Waals surface area contributed by atoms with Gasteiger partial charge in [-0.25, -0.2) is 14.0 Å². The number of nitro benzene ring substituents is 1. The van der Waals surface area contributed by atoms with E-state index in [0.29, 0.717) is 6.07 Å². The minimum atomic E-state index is -1.06. The SMILES string of the molecule is CCOC(=O)/C=C/C(=O)Oc1ccc([N+](=O)[O-])cc1F. The molecule has 106 valence electrons. The fraction of sp³-hybridized carbons (Fsp3) is 0.167. The van der Waals surface area contributed by atoms with E-state index in [4.69, 9.17) is 0 Å². The first kappa shape index (κ1) is 15.3. The van der Waals surface area contributed by atoms with E-state index >= 15 is 0 Å². The van der Waals surface area contributed by atoms with Crippen molar-refractivity contribution in [1.29, 1.82) is 0 Å². The third-order valence-corrected chi connectivity index (χ3v) is 1.98. The quantitative estimate of drug-likeness (QED) is 0.268. The first-order chi connectivity index (χ1) is 9.43. The zero-order valence-corrected chi connectivity index (χ0v) is 10.4. The molecule has 0 atom stereocenters. The second-order valence-corrected chi connectivity index (χ2v) is 3.38. The summed E-state index contributed by atoms with van der Waals surface area (Å²) in [5.74, 6) is -3.29. The van der Waals surface area contributed by atoms with Crippen LogP contribution in [0.25, 0.3) is 0 Å². The number of benzene rings is 1.